The SMILES string of the molecule is O=S(=O)(Nc1cnc(Cl)c(Br)c1)C1CCCCC1. The maximum atomic E-state index is 12.2. The number of hydrogen-bond acceptors (Lipinski definition) is 3. The second kappa shape index (κ2) is 5.75. The highest BCUT2D eigenvalue weighted by molar-refractivity contribution is 9.10. The van der Waals surface area contributed by atoms with Crippen molar-refractivity contribution in [3.8, 4) is 0 Å². The lowest BCUT2D eigenvalue weighted by atomic mass is 10.0. The monoisotopic (exact) mass is 352 g/mol. The summed E-state index contributed by atoms with van der Waals surface area (Å²) in [5.41, 5.74) is 0.442. The molecule has 0 amide bonds. The van der Waals surface area contributed by atoms with Crippen molar-refractivity contribution in [3.63, 3.8) is 0 Å². The maximum Gasteiger partial charge on any atom is 0.235 e. The van der Waals surface area contributed by atoms with Gasteiger partial charge in [0, 0.05) is 0 Å². The Hall–Kier alpha value is -0.330. The summed E-state index contributed by atoms with van der Waals surface area (Å²) in [6.45, 7) is 0. The summed E-state index contributed by atoms with van der Waals surface area (Å²) in [5.74, 6) is 0. The van der Waals surface area contributed by atoms with Crippen LogP contribution in [-0.2, 0) is 10.0 Å². The first-order chi connectivity index (χ1) is 8.49. The summed E-state index contributed by atoms with van der Waals surface area (Å²) >= 11 is 8.99. The van der Waals surface area contributed by atoms with Gasteiger partial charge in [-0.1, -0.05) is 30.9 Å². The number of pyridine rings is 1. The Balaban J connectivity index is 2.13. The van der Waals surface area contributed by atoms with Crippen molar-refractivity contribution in [1.82, 2.24) is 4.98 Å². The summed E-state index contributed by atoms with van der Waals surface area (Å²) < 4.78 is 27.5. The molecule has 1 aromatic heterocycles. The van der Waals surface area contributed by atoms with Crippen LogP contribution in [0.4, 0.5) is 5.69 Å². The van der Waals surface area contributed by atoms with E-state index in [4.69, 9.17) is 11.6 Å². The molecule has 0 unspecified atom stereocenters. The summed E-state index contributed by atoms with van der Waals surface area (Å²) in [5, 5.41) is 0.0244. The molecule has 1 saturated carbocycles. The highest BCUT2D eigenvalue weighted by atomic mass is 79.9. The van der Waals surface area contributed by atoms with E-state index in [0.717, 1.165) is 32.1 Å². The van der Waals surface area contributed by atoms with Gasteiger partial charge in [-0.3, -0.25) is 4.72 Å². The molecular formula is C11H14BrClN2O2S. The minimum atomic E-state index is -3.32. The van der Waals surface area contributed by atoms with Crippen molar-refractivity contribution in [1.29, 1.82) is 0 Å². The van der Waals surface area contributed by atoms with E-state index >= 15 is 0 Å². The fourth-order valence-electron chi connectivity index (χ4n) is 2.10. The zero-order valence-electron chi connectivity index (χ0n) is 9.70. The number of halogens is 2. The second-order valence-electron chi connectivity index (χ2n) is 4.40. The smallest absolute Gasteiger partial charge is 0.235 e. The van der Waals surface area contributed by atoms with Gasteiger partial charge in [0.05, 0.1) is 21.6 Å². The molecule has 1 N–H and O–H groups in total. The molecular weight excluding hydrogens is 340 g/mol. The lowest BCUT2D eigenvalue weighted by Crippen LogP contribution is -2.29. The van der Waals surface area contributed by atoms with E-state index in [2.05, 4.69) is 25.6 Å². The summed E-state index contributed by atoms with van der Waals surface area (Å²) in [6.07, 6.45) is 5.98. The van der Waals surface area contributed by atoms with E-state index in [0.29, 0.717) is 15.3 Å². The zero-order chi connectivity index (χ0) is 13.2. The average molecular weight is 354 g/mol. The Kier molecular flexibility index (Phi) is 4.50. The number of aromatic nitrogens is 1. The van der Waals surface area contributed by atoms with Crippen molar-refractivity contribution in [2.75, 3.05) is 4.72 Å². The Morgan fingerprint density at radius 3 is 2.61 bits per heavy atom. The average Bonchev–Trinajstić information content (AvgIpc) is 2.35. The predicted octanol–water partition coefficient (Wildman–Crippen LogP) is 3.57. The standard InChI is InChI=1S/C11H14BrClN2O2S/c12-10-6-8(7-14-11(10)13)15-18(16,17)9-4-2-1-3-5-9/h6-7,9,15H,1-5H2. The minimum Gasteiger partial charge on any atom is -0.282 e. The largest absolute Gasteiger partial charge is 0.282 e. The van der Waals surface area contributed by atoms with E-state index in [9.17, 15) is 8.42 Å². The van der Waals surface area contributed by atoms with Gasteiger partial charge >= 0.3 is 0 Å². The first-order valence-corrected chi connectivity index (χ1v) is 8.53. The van der Waals surface area contributed by atoms with Gasteiger partial charge in [-0.05, 0) is 34.8 Å². The molecule has 0 aliphatic heterocycles. The van der Waals surface area contributed by atoms with Gasteiger partial charge in [0.1, 0.15) is 5.15 Å². The fourth-order valence-corrected chi connectivity index (χ4v) is 4.11. The van der Waals surface area contributed by atoms with E-state index in [-0.39, 0.29) is 5.25 Å². The van der Waals surface area contributed by atoms with Crippen LogP contribution in [0, 0.1) is 0 Å². The topological polar surface area (TPSA) is 59.1 Å². The van der Waals surface area contributed by atoms with Crippen LogP contribution in [0.2, 0.25) is 5.15 Å². The molecule has 4 nitrogen and oxygen atoms in total. The Labute approximate surface area is 120 Å². The van der Waals surface area contributed by atoms with Crippen LogP contribution < -0.4 is 4.72 Å². The molecule has 18 heavy (non-hydrogen) atoms. The van der Waals surface area contributed by atoms with Crippen molar-refractivity contribution < 1.29 is 8.42 Å². The molecule has 1 heterocycles. The zero-order valence-corrected chi connectivity index (χ0v) is 12.9. The van der Waals surface area contributed by atoms with Gasteiger partial charge in [-0.2, -0.15) is 0 Å². The van der Waals surface area contributed by atoms with Crippen LogP contribution in [0.25, 0.3) is 0 Å². The quantitative estimate of drug-likeness (QED) is 0.845. The van der Waals surface area contributed by atoms with E-state index in [1.165, 1.54) is 6.20 Å². The van der Waals surface area contributed by atoms with E-state index in [1.54, 1.807) is 6.07 Å². The summed E-state index contributed by atoms with van der Waals surface area (Å²) in [4.78, 5) is 3.90. The Morgan fingerprint density at radius 1 is 1.33 bits per heavy atom. The third kappa shape index (κ3) is 3.36. The molecule has 0 aromatic carbocycles. The van der Waals surface area contributed by atoms with Crippen LogP contribution in [0.3, 0.4) is 0 Å². The first-order valence-electron chi connectivity index (χ1n) is 5.82. The number of anilines is 1. The van der Waals surface area contributed by atoms with Gasteiger partial charge in [0.2, 0.25) is 10.0 Å². The van der Waals surface area contributed by atoms with Gasteiger partial charge in [-0.25, -0.2) is 13.4 Å². The highest BCUT2D eigenvalue weighted by Crippen LogP contribution is 2.27. The van der Waals surface area contributed by atoms with E-state index in [1.807, 2.05) is 0 Å². The van der Waals surface area contributed by atoms with Crippen molar-refractivity contribution in [3.05, 3.63) is 21.9 Å². The lowest BCUT2D eigenvalue weighted by molar-refractivity contribution is 0.486. The van der Waals surface area contributed by atoms with E-state index < -0.39 is 10.0 Å². The number of hydrogen-bond donors (Lipinski definition) is 1. The van der Waals surface area contributed by atoms with Crippen molar-refractivity contribution in [2.45, 2.75) is 37.4 Å². The Bertz CT molecular complexity index is 530. The molecule has 0 atom stereocenters. The number of sulfonamides is 1. The molecule has 0 radical (unpaired) electrons. The third-order valence-corrected chi connectivity index (χ3v) is 6.05. The van der Waals surface area contributed by atoms with Gasteiger partial charge in [0.25, 0.3) is 0 Å². The minimum absolute atomic E-state index is 0.291. The normalized spacial score (nSPS) is 17.7. The fraction of sp³-hybridized carbons (Fsp3) is 0.545. The molecule has 1 fully saturated rings. The molecule has 100 valence electrons. The molecule has 1 aliphatic carbocycles. The number of nitrogens with zero attached hydrogens (tertiary/aromatic N) is 1. The van der Waals surface area contributed by atoms with Gasteiger partial charge in [-0.15, -0.1) is 0 Å². The molecule has 0 saturated heterocycles. The maximum absolute atomic E-state index is 12.2. The molecule has 7 heteroatoms. The first kappa shape index (κ1) is 14.1. The number of nitrogens with one attached hydrogen (secondary N) is 1. The van der Waals surface area contributed by atoms with Crippen molar-refractivity contribution >= 4 is 43.2 Å². The van der Waals surface area contributed by atoms with Gasteiger partial charge in [0.15, 0.2) is 0 Å². The van der Waals surface area contributed by atoms with Crippen LogP contribution in [0.5, 0.6) is 0 Å². The molecule has 0 bridgehead atoms. The summed E-state index contributed by atoms with van der Waals surface area (Å²) in [7, 11) is -3.32. The van der Waals surface area contributed by atoms with Crippen LogP contribution in [-0.4, -0.2) is 18.7 Å². The molecule has 2 rings (SSSR count). The molecule has 0 spiro atoms. The van der Waals surface area contributed by atoms with Gasteiger partial charge < -0.3 is 0 Å². The van der Waals surface area contributed by atoms with Crippen molar-refractivity contribution in [2.24, 2.45) is 0 Å². The summed E-state index contributed by atoms with van der Waals surface area (Å²) in [6, 6.07) is 1.62. The second-order valence-corrected chi connectivity index (χ2v) is 7.58. The highest BCUT2D eigenvalue weighted by Gasteiger charge is 2.27. The van der Waals surface area contributed by atoms with Crippen LogP contribution >= 0.6 is 27.5 Å². The lowest BCUT2D eigenvalue weighted by Gasteiger charge is -2.22. The number of rotatable bonds is 3. The van der Waals surface area contributed by atoms with Crippen LogP contribution in [0.1, 0.15) is 32.1 Å². The molecule has 1 aliphatic rings. The molecule has 1 aromatic rings. The predicted molar refractivity (Wildman–Crippen MR) is 76.4 cm³/mol. The third-order valence-electron chi connectivity index (χ3n) is 3.05. The van der Waals surface area contributed by atoms with Crippen LogP contribution in [0.15, 0.2) is 16.7 Å². The Morgan fingerprint density at radius 2 is 2.00 bits per heavy atom.